The summed E-state index contributed by atoms with van der Waals surface area (Å²) in [4.78, 5) is 21.6. The number of benzene rings is 2. The van der Waals surface area contributed by atoms with Crippen molar-refractivity contribution >= 4 is 40.5 Å². The van der Waals surface area contributed by atoms with E-state index in [4.69, 9.17) is 4.74 Å². The zero-order valence-corrected chi connectivity index (χ0v) is 12.4. The minimum atomic E-state index is -1.04. The first-order valence-corrected chi connectivity index (χ1v) is 6.81. The van der Waals surface area contributed by atoms with Crippen LogP contribution in [0.5, 0.6) is 5.75 Å². The molecule has 0 bridgehead atoms. The van der Waals surface area contributed by atoms with E-state index in [-0.39, 0.29) is 5.56 Å². The van der Waals surface area contributed by atoms with Gasteiger partial charge in [-0.3, -0.25) is 4.79 Å². The summed E-state index contributed by atoms with van der Waals surface area (Å²) in [6, 6.07) is 11.9. The third-order valence-corrected chi connectivity index (χ3v) is 3.23. The Hall–Kier alpha value is -2.40. The summed E-state index contributed by atoms with van der Waals surface area (Å²) in [6.07, 6.45) is 3.46. The summed E-state index contributed by atoms with van der Waals surface area (Å²) in [5.41, 5.74) is 1.52. The number of carboxylic acids is 1. The van der Waals surface area contributed by atoms with Gasteiger partial charge in [0.1, 0.15) is 5.75 Å². The Morgan fingerprint density at radius 1 is 1.14 bits per heavy atom. The van der Waals surface area contributed by atoms with Gasteiger partial charge in [-0.2, -0.15) is 0 Å². The van der Waals surface area contributed by atoms with E-state index >= 15 is 0 Å². The molecular formula is C16H11BrO4. The third kappa shape index (κ3) is 4.03. The Morgan fingerprint density at radius 3 is 2.62 bits per heavy atom. The van der Waals surface area contributed by atoms with Gasteiger partial charge in [0.05, 0.1) is 5.56 Å². The summed E-state index contributed by atoms with van der Waals surface area (Å²) in [5, 5.41) is 9.18. The van der Waals surface area contributed by atoms with Crippen molar-refractivity contribution in [2.45, 2.75) is 0 Å². The molecule has 2 rings (SSSR count). The van der Waals surface area contributed by atoms with Crippen LogP contribution in [0.3, 0.4) is 0 Å². The van der Waals surface area contributed by atoms with Gasteiger partial charge in [-0.15, -0.1) is 0 Å². The molecule has 106 valence electrons. The summed E-state index contributed by atoms with van der Waals surface area (Å²) in [7, 11) is 0. The highest BCUT2D eigenvalue weighted by atomic mass is 79.9. The number of carbonyl (C=O) groups excluding carboxylic acids is 1. The number of carboxylic acid groups (broad SMARTS) is 1. The van der Waals surface area contributed by atoms with E-state index in [2.05, 4.69) is 15.9 Å². The van der Waals surface area contributed by atoms with Gasteiger partial charge in [-0.1, -0.05) is 40.2 Å². The van der Waals surface area contributed by atoms with E-state index in [9.17, 15) is 14.7 Å². The van der Waals surface area contributed by atoms with E-state index < -0.39 is 5.97 Å². The summed E-state index contributed by atoms with van der Waals surface area (Å²) in [6.45, 7) is 0.303. The lowest BCUT2D eigenvalue weighted by Gasteiger charge is -2.04. The van der Waals surface area contributed by atoms with Crippen molar-refractivity contribution in [3.8, 4) is 5.75 Å². The molecule has 0 amide bonds. The predicted molar refractivity (Wildman–Crippen MR) is 83.2 cm³/mol. The number of hydrogen-bond acceptors (Lipinski definition) is 3. The van der Waals surface area contributed by atoms with Crippen LogP contribution in [-0.4, -0.2) is 17.5 Å². The lowest BCUT2D eigenvalue weighted by atomic mass is 10.1. The molecule has 5 heteroatoms. The van der Waals surface area contributed by atoms with Crippen molar-refractivity contribution in [3.05, 3.63) is 63.6 Å². The second-order valence-electron chi connectivity index (χ2n) is 4.16. The quantitative estimate of drug-likeness (QED) is 0.659. The van der Waals surface area contributed by atoms with Crippen LogP contribution in [-0.2, 0) is 4.79 Å². The van der Waals surface area contributed by atoms with Crippen molar-refractivity contribution in [3.63, 3.8) is 0 Å². The Bertz CT molecular complexity index is 707. The second kappa shape index (κ2) is 6.85. The Labute approximate surface area is 129 Å². The van der Waals surface area contributed by atoms with Gasteiger partial charge in [0.2, 0.25) is 0 Å². The van der Waals surface area contributed by atoms with Crippen LogP contribution in [0.4, 0.5) is 0 Å². The number of hydrogen-bond donors (Lipinski definition) is 1. The maximum atomic E-state index is 11.2. The Balaban J connectivity index is 2.38. The summed E-state index contributed by atoms with van der Waals surface area (Å²) >= 11 is 3.37. The second-order valence-corrected chi connectivity index (χ2v) is 5.07. The van der Waals surface area contributed by atoms with Crippen LogP contribution in [0.15, 0.2) is 46.9 Å². The van der Waals surface area contributed by atoms with E-state index in [0.717, 1.165) is 10.0 Å². The zero-order chi connectivity index (χ0) is 15.2. The van der Waals surface area contributed by atoms with Crippen LogP contribution in [0.25, 0.3) is 12.2 Å². The molecule has 0 unspecified atom stereocenters. The fraction of sp³-hybridized carbons (Fsp3) is 0. The lowest BCUT2D eigenvalue weighted by Crippen LogP contribution is -2.00. The third-order valence-electron chi connectivity index (χ3n) is 2.74. The van der Waals surface area contributed by atoms with Crippen molar-refractivity contribution in [1.29, 1.82) is 0 Å². The van der Waals surface area contributed by atoms with Gasteiger partial charge < -0.3 is 9.84 Å². The minimum Gasteiger partial charge on any atom is -0.478 e. The van der Waals surface area contributed by atoms with E-state index in [1.165, 1.54) is 18.2 Å². The van der Waals surface area contributed by atoms with Crippen LogP contribution < -0.4 is 4.74 Å². The SMILES string of the molecule is O=COc1ccc(C(=O)O)c(C=Cc2cccc(Br)c2)c1. The first kappa shape index (κ1) is 15.0. The van der Waals surface area contributed by atoms with Gasteiger partial charge in [0.15, 0.2) is 0 Å². The summed E-state index contributed by atoms with van der Waals surface area (Å²) in [5.74, 6) is -0.745. The molecular weight excluding hydrogens is 336 g/mol. The van der Waals surface area contributed by atoms with Gasteiger partial charge in [0, 0.05) is 4.47 Å². The van der Waals surface area contributed by atoms with Gasteiger partial charge in [0.25, 0.3) is 6.47 Å². The van der Waals surface area contributed by atoms with E-state index in [1.807, 2.05) is 24.3 Å². The average molecular weight is 347 g/mol. The van der Waals surface area contributed by atoms with Gasteiger partial charge in [-0.05, 0) is 41.5 Å². The molecule has 1 N–H and O–H groups in total. The fourth-order valence-electron chi connectivity index (χ4n) is 1.80. The standard InChI is InChI=1S/C16H11BrO4/c17-13-3-1-2-11(8-13)4-5-12-9-14(21-10-18)6-7-15(12)16(19)20/h1-10H,(H,19,20). The monoisotopic (exact) mass is 346 g/mol. The van der Waals surface area contributed by atoms with Crippen molar-refractivity contribution in [1.82, 2.24) is 0 Å². The number of aromatic carboxylic acids is 1. The van der Waals surface area contributed by atoms with E-state index in [0.29, 0.717) is 17.8 Å². The molecule has 0 aliphatic rings. The highest BCUT2D eigenvalue weighted by molar-refractivity contribution is 9.10. The van der Waals surface area contributed by atoms with Gasteiger partial charge >= 0.3 is 5.97 Å². The number of halogens is 1. The Morgan fingerprint density at radius 2 is 1.95 bits per heavy atom. The smallest absolute Gasteiger partial charge is 0.336 e. The average Bonchev–Trinajstić information content (AvgIpc) is 2.45. The Kier molecular flexibility index (Phi) is 4.90. The molecule has 0 saturated heterocycles. The molecule has 2 aromatic rings. The molecule has 0 saturated carbocycles. The van der Waals surface area contributed by atoms with Crippen molar-refractivity contribution < 1.29 is 19.4 Å². The first-order chi connectivity index (χ1) is 10.1. The number of carbonyl (C=O) groups is 2. The fourth-order valence-corrected chi connectivity index (χ4v) is 2.22. The number of ether oxygens (including phenoxy) is 1. The predicted octanol–water partition coefficient (Wildman–Crippen LogP) is 3.85. The largest absolute Gasteiger partial charge is 0.478 e. The maximum absolute atomic E-state index is 11.2. The molecule has 21 heavy (non-hydrogen) atoms. The van der Waals surface area contributed by atoms with Crippen LogP contribution >= 0.6 is 15.9 Å². The van der Waals surface area contributed by atoms with Crippen LogP contribution in [0.2, 0.25) is 0 Å². The summed E-state index contributed by atoms with van der Waals surface area (Å²) < 4.78 is 5.67. The topological polar surface area (TPSA) is 63.6 Å². The van der Waals surface area contributed by atoms with Crippen molar-refractivity contribution in [2.24, 2.45) is 0 Å². The normalized spacial score (nSPS) is 10.5. The van der Waals surface area contributed by atoms with E-state index in [1.54, 1.807) is 12.2 Å². The van der Waals surface area contributed by atoms with Gasteiger partial charge in [-0.25, -0.2) is 4.79 Å². The van der Waals surface area contributed by atoms with Crippen molar-refractivity contribution in [2.75, 3.05) is 0 Å². The minimum absolute atomic E-state index is 0.138. The molecule has 2 aromatic carbocycles. The molecule has 0 atom stereocenters. The maximum Gasteiger partial charge on any atom is 0.336 e. The molecule has 0 spiro atoms. The van der Waals surface area contributed by atoms with Crippen LogP contribution in [0.1, 0.15) is 21.5 Å². The number of rotatable bonds is 5. The molecule has 0 aromatic heterocycles. The first-order valence-electron chi connectivity index (χ1n) is 6.01. The highest BCUT2D eigenvalue weighted by Crippen LogP contribution is 2.21. The molecule has 0 aliphatic carbocycles. The highest BCUT2D eigenvalue weighted by Gasteiger charge is 2.09. The molecule has 0 aliphatic heterocycles. The molecule has 4 nitrogen and oxygen atoms in total. The molecule has 0 heterocycles. The van der Waals surface area contributed by atoms with Crippen LogP contribution in [0, 0.1) is 0 Å². The lowest BCUT2D eigenvalue weighted by molar-refractivity contribution is -0.120. The zero-order valence-electron chi connectivity index (χ0n) is 10.8. The molecule has 0 fully saturated rings. The molecule has 0 radical (unpaired) electrons.